The SMILES string of the molecule is NCCNC[C@H]1CC[C@@H]2[C@H](O1)c1cc(C(F)(F)F)ccc1N[C@H]2c1ccc(F)cc1. The van der Waals surface area contributed by atoms with Gasteiger partial charge < -0.3 is 21.1 Å². The first-order chi connectivity index (χ1) is 14.4. The zero-order valence-corrected chi connectivity index (χ0v) is 16.4. The van der Waals surface area contributed by atoms with E-state index in [-0.39, 0.29) is 23.9 Å². The minimum absolute atomic E-state index is 0.0581. The molecule has 0 saturated carbocycles. The number of benzene rings is 2. The molecule has 0 aliphatic carbocycles. The van der Waals surface area contributed by atoms with Gasteiger partial charge in [0.1, 0.15) is 5.82 Å². The lowest BCUT2D eigenvalue weighted by molar-refractivity contribution is -0.138. The second kappa shape index (κ2) is 8.53. The average Bonchev–Trinajstić information content (AvgIpc) is 2.73. The van der Waals surface area contributed by atoms with Gasteiger partial charge in [-0.3, -0.25) is 0 Å². The van der Waals surface area contributed by atoms with Gasteiger partial charge in [-0.1, -0.05) is 12.1 Å². The van der Waals surface area contributed by atoms with Crippen molar-refractivity contribution in [3.05, 3.63) is 65.0 Å². The van der Waals surface area contributed by atoms with E-state index >= 15 is 0 Å². The van der Waals surface area contributed by atoms with Crippen LogP contribution in [0.2, 0.25) is 0 Å². The monoisotopic (exact) mass is 423 g/mol. The van der Waals surface area contributed by atoms with Crippen molar-refractivity contribution in [2.75, 3.05) is 25.0 Å². The summed E-state index contributed by atoms with van der Waals surface area (Å²) in [5, 5.41) is 6.60. The van der Waals surface area contributed by atoms with Gasteiger partial charge in [-0.15, -0.1) is 0 Å². The Morgan fingerprint density at radius 3 is 2.57 bits per heavy atom. The summed E-state index contributed by atoms with van der Waals surface area (Å²) >= 11 is 0. The van der Waals surface area contributed by atoms with E-state index in [4.69, 9.17) is 10.5 Å². The highest BCUT2D eigenvalue weighted by atomic mass is 19.4. The van der Waals surface area contributed by atoms with Crippen LogP contribution in [0.5, 0.6) is 0 Å². The minimum atomic E-state index is -4.42. The Morgan fingerprint density at radius 2 is 1.87 bits per heavy atom. The zero-order chi connectivity index (χ0) is 21.3. The smallest absolute Gasteiger partial charge is 0.378 e. The Hall–Kier alpha value is -2.16. The Kier molecular flexibility index (Phi) is 5.99. The third kappa shape index (κ3) is 4.31. The van der Waals surface area contributed by atoms with Crippen LogP contribution in [0.15, 0.2) is 42.5 Å². The molecule has 2 aromatic rings. The number of halogens is 4. The molecular weight excluding hydrogens is 398 g/mol. The molecule has 30 heavy (non-hydrogen) atoms. The average molecular weight is 423 g/mol. The molecule has 2 aliphatic heterocycles. The van der Waals surface area contributed by atoms with Crippen molar-refractivity contribution < 1.29 is 22.3 Å². The molecule has 8 heteroatoms. The maximum atomic E-state index is 13.4. The maximum absolute atomic E-state index is 13.4. The molecule has 162 valence electrons. The van der Waals surface area contributed by atoms with E-state index in [1.165, 1.54) is 24.3 Å². The lowest BCUT2D eigenvalue weighted by Crippen LogP contribution is -2.42. The molecule has 2 aromatic carbocycles. The molecule has 2 aliphatic rings. The Balaban J connectivity index is 1.67. The summed E-state index contributed by atoms with van der Waals surface area (Å²) in [5.41, 5.74) is 6.87. The molecule has 1 fully saturated rings. The van der Waals surface area contributed by atoms with E-state index in [9.17, 15) is 17.6 Å². The van der Waals surface area contributed by atoms with Gasteiger partial charge in [0.2, 0.25) is 0 Å². The molecule has 0 bridgehead atoms. The van der Waals surface area contributed by atoms with Gasteiger partial charge in [-0.2, -0.15) is 13.2 Å². The summed E-state index contributed by atoms with van der Waals surface area (Å²) in [6.45, 7) is 1.76. The summed E-state index contributed by atoms with van der Waals surface area (Å²) in [7, 11) is 0. The van der Waals surface area contributed by atoms with Gasteiger partial charge in [0.15, 0.2) is 0 Å². The molecule has 4 nitrogen and oxygen atoms in total. The summed E-state index contributed by atoms with van der Waals surface area (Å²) in [6.07, 6.45) is -3.43. The van der Waals surface area contributed by atoms with E-state index in [0.29, 0.717) is 30.9 Å². The van der Waals surface area contributed by atoms with Crippen LogP contribution in [-0.2, 0) is 10.9 Å². The van der Waals surface area contributed by atoms with E-state index < -0.39 is 17.8 Å². The number of nitrogens with two attached hydrogens (primary N) is 1. The van der Waals surface area contributed by atoms with Crippen LogP contribution < -0.4 is 16.4 Å². The molecule has 1 saturated heterocycles. The van der Waals surface area contributed by atoms with Gasteiger partial charge in [0, 0.05) is 36.8 Å². The molecule has 4 rings (SSSR count). The van der Waals surface area contributed by atoms with Crippen molar-refractivity contribution in [1.29, 1.82) is 0 Å². The predicted octanol–water partition coefficient (Wildman–Crippen LogP) is 4.40. The van der Waals surface area contributed by atoms with E-state index in [0.717, 1.165) is 24.5 Å². The molecule has 2 heterocycles. The number of rotatable bonds is 5. The fourth-order valence-corrected chi connectivity index (χ4v) is 4.45. The Morgan fingerprint density at radius 1 is 1.10 bits per heavy atom. The molecule has 4 atom stereocenters. The number of hydrogen-bond acceptors (Lipinski definition) is 4. The number of alkyl halides is 3. The first-order valence-corrected chi connectivity index (χ1v) is 10.2. The summed E-state index contributed by atoms with van der Waals surface area (Å²) in [5.74, 6) is -0.385. The first-order valence-electron chi connectivity index (χ1n) is 10.2. The van der Waals surface area contributed by atoms with Crippen LogP contribution in [0, 0.1) is 11.7 Å². The first kappa shape index (κ1) is 21.1. The summed E-state index contributed by atoms with van der Waals surface area (Å²) < 4.78 is 59.7. The molecule has 0 amide bonds. The summed E-state index contributed by atoms with van der Waals surface area (Å²) in [6, 6.07) is 9.80. The summed E-state index contributed by atoms with van der Waals surface area (Å²) in [4.78, 5) is 0. The Labute approximate surface area is 172 Å². The maximum Gasteiger partial charge on any atom is 0.416 e. The number of anilines is 1. The second-order valence-corrected chi connectivity index (χ2v) is 7.89. The number of ether oxygens (including phenoxy) is 1. The van der Waals surface area contributed by atoms with Crippen molar-refractivity contribution in [2.45, 2.75) is 37.3 Å². The van der Waals surface area contributed by atoms with Crippen LogP contribution in [-0.4, -0.2) is 25.7 Å². The van der Waals surface area contributed by atoms with Gasteiger partial charge in [0.25, 0.3) is 0 Å². The standard InChI is InChI=1S/C22H25F4N3O/c23-15-4-1-13(2-5-15)20-17-7-6-16(12-28-10-9-27)30-21(17)18-11-14(22(24,25)26)3-8-19(18)29-20/h1-5,8,11,16-17,20-21,28-29H,6-7,9-10,12,27H2/t16-,17+,20+,21+/m1/s1. The lowest BCUT2D eigenvalue weighted by atomic mass is 9.76. The van der Waals surface area contributed by atoms with E-state index in [2.05, 4.69) is 10.6 Å². The van der Waals surface area contributed by atoms with Gasteiger partial charge in [-0.25, -0.2) is 4.39 Å². The third-order valence-electron chi connectivity index (χ3n) is 5.90. The fraction of sp³-hybridized carbons (Fsp3) is 0.455. The second-order valence-electron chi connectivity index (χ2n) is 7.89. The van der Waals surface area contributed by atoms with Crippen LogP contribution in [0.4, 0.5) is 23.2 Å². The van der Waals surface area contributed by atoms with Gasteiger partial charge in [0.05, 0.1) is 23.8 Å². The van der Waals surface area contributed by atoms with Crippen molar-refractivity contribution in [2.24, 2.45) is 11.7 Å². The number of fused-ring (bicyclic) bond motifs is 3. The number of nitrogens with one attached hydrogen (secondary N) is 2. The molecule has 0 spiro atoms. The highest BCUT2D eigenvalue weighted by Crippen LogP contribution is 2.51. The molecular formula is C22H25F4N3O. The predicted molar refractivity (Wildman–Crippen MR) is 106 cm³/mol. The van der Waals surface area contributed by atoms with Crippen LogP contribution in [0.3, 0.4) is 0 Å². The van der Waals surface area contributed by atoms with Crippen LogP contribution in [0.25, 0.3) is 0 Å². The molecule has 4 N–H and O–H groups in total. The van der Waals surface area contributed by atoms with Crippen LogP contribution >= 0.6 is 0 Å². The van der Waals surface area contributed by atoms with Crippen molar-refractivity contribution >= 4 is 5.69 Å². The van der Waals surface area contributed by atoms with E-state index in [1.54, 1.807) is 12.1 Å². The van der Waals surface area contributed by atoms with Crippen molar-refractivity contribution in [3.63, 3.8) is 0 Å². The van der Waals surface area contributed by atoms with Gasteiger partial charge >= 0.3 is 6.18 Å². The van der Waals surface area contributed by atoms with Crippen molar-refractivity contribution in [1.82, 2.24) is 5.32 Å². The molecule has 0 aromatic heterocycles. The van der Waals surface area contributed by atoms with Crippen molar-refractivity contribution in [3.8, 4) is 0 Å². The Bertz CT molecular complexity index is 872. The fourth-order valence-electron chi connectivity index (χ4n) is 4.45. The lowest BCUT2D eigenvalue weighted by Gasteiger charge is -2.46. The zero-order valence-electron chi connectivity index (χ0n) is 16.4. The number of hydrogen-bond donors (Lipinski definition) is 3. The molecule has 0 unspecified atom stereocenters. The van der Waals surface area contributed by atoms with E-state index in [1.807, 2.05) is 0 Å². The molecule has 0 radical (unpaired) electrons. The topological polar surface area (TPSA) is 59.3 Å². The normalized spacial score (nSPS) is 25.9. The van der Waals surface area contributed by atoms with Crippen LogP contribution in [0.1, 0.15) is 41.7 Å². The minimum Gasteiger partial charge on any atom is -0.378 e. The quantitative estimate of drug-likeness (QED) is 0.493. The third-order valence-corrected chi connectivity index (χ3v) is 5.90. The highest BCUT2D eigenvalue weighted by Gasteiger charge is 2.43. The highest BCUT2D eigenvalue weighted by molar-refractivity contribution is 5.58. The largest absolute Gasteiger partial charge is 0.416 e. The van der Waals surface area contributed by atoms with Gasteiger partial charge in [-0.05, 0) is 48.7 Å².